The summed E-state index contributed by atoms with van der Waals surface area (Å²) in [5.41, 5.74) is 1.18. The van der Waals surface area contributed by atoms with E-state index in [1.54, 1.807) is 0 Å². The summed E-state index contributed by atoms with van der Waals surface area (Å²) in [6.07, 6.45) is 2.70. The molecule has 1 aromatic carbocycles. The Labute approximate surface area is 162 Å². The van der Waals surface area contributed by atoms with Gasteiger partial charge in [0.2, 0.25) is 0 Å². The van der Waals surface area contributed by atoms with Crippen LogP contribution in [0.1, 0.15) is 18.4 Å². The van der Waals surface area contributed by atoms with Crippen molar-refractivity contribution >= 4 is 41.5 Å². The molecule has 2 rings (SSSR count). The smallest absolute Gasteiger partial charge is 0.193 e. The second-order valence-corrected chi connectivity index (χ2v) is 6.72. The molecule has 0 amide bonds. The van der Waals surface area contributed by atoms with Gasteiger partial charge in [0.05, 0.1) is 0 Å². The SMILES string of the molecule is CN=C(NCC(C1CC1)N(C)C)N(C)Cc1cccc(Cl)c1.I. The molecule has 1 aliphatic carbocycles. The highest BCUT2D eigenvalue weighted by Gasteiger charge is 2.32. The molecule has 1 aromatic rings. The largest absolute Gasteiger partial charge is 0.355 e. The van der Waals surface area contributed by atoms with E-state index in [0.717, 1.165) is 30.0 Å². The van der Waals surface area contributed by atoms with E-state index in [-0.39, 0.29) is 24.0 Å². The lowest BCUT2D eigenvalue weighted by atomic mass is 10.1. The number of benzene rings is 1. The normalized spacial score (nSPS) is 16.0. The van der Waals surface area contributed by atoms with E-state index in [1.807, 2.05) is 25.2 Å². The number of guanidine groups is 1. The molecule has 0 spiro atoms. The van der Waals surface area contributed by atoms with Crippen LogP contribution >= 0.6 is 35.6 Å². The number of halogens is 2. The van der Waals surface area contributed by atoms with Crippen molar-refractivity contribution in [2.75, 3.05) is 34.7 Å². The van der Waals surface area contributed by atoms with Crippen LogP contribution < -0.4 is 5.32 Å². The Morgan fingerprint density at radius 2 is 2.04 bits per heavy atom. The van der Waals surface area contributed by atoms with Gasteiger partial charge in [0, 0.05) is 38.2 Å². The maximum Gasteiger partial charge on any atom is 0.193 e. The molecule has 1 atom stereocenters. The van der Waals surface area contributed by atoms with Crippen LogP contribution in [0.25, 0.3) is 0 Å². The summed E-state index contributed by atoms with van der Waals surface area (Å²) >= 11 is 6.05. The fourth-order valence-electron chi connectivity index (χ4n) is 2.82. The highest BCUT2D eigenvalue weighted by atomic mass is 127. The maximum atomic E-state index is 6.05. The Balaban J connectivity index is 0.00000264. The van der Waals surface area contributed by atoms with Crippen LogP contribution in [0.3, 0.4) is 0 Å². The molecular weight excluding hydrogens is 423 g/mol. The second-order valence-electron chi connectivity index (χ2n) is 6.28. The number of rotatable bonds is 6. The monoisotopic (exact) mass is 450 g/mol. The quantitative estimate of drug-likeness (QED) is 0.410. The zero-order chi connectivity index (χ0) is 16.1. The molecule has 1 aliphatic rings. The van der Waals surface area contributed by atoms with Crippen molar-refractivity contribution in [3.8, 4) is 0 Å². The van der Waals surface area contributed by atoms with E-state index in [4.69, 9.17) is 11.6 Å². The van der Waals surface area contributed by atoms with Gasteiger partial charge in [-0.15, -0.1) is 24.0 Å². The Hall–Kier alpha value is -0.530. The predicted molar refractivity (Wildman–Crippen MR) is 110 cm³/mol. The van der Waals surface area contributed by atoms with Crippen molar-refractivity contribution in [3.05, 3.63) is 34.9 Å². The fourth-order valence-corrected chi connectivity index (χ4v) is 3.03. The molecule has 130 valence electrons. The molecule has 0 heterocycles. The summed E-state index contributed by atoms with van der Waals surface area (Å²) in [5.74, 6) is 1.76. The first-order chi connectivity index (χ1) is 10.5. The third-order valence-electron chi connectivity index (χ3n) is 4.18. The Kier molecular flexibility index (Phi) is 8.64. The standard InChI is InChI=1S/C17H27ClN4.HI/c1-19-17(20-11-16(21(2)3)14-8-9-14)22(4)12-13-6-5-7-15(18)10-13;/h5-7,10,14,16H,8-9,11-12H2,1-4H3,(H,19,20);1H. The van der Waals surface area contributed by atoms with Crippen LogP contribution in [0.2, 0.25) is 5.02 Å². The van der Waals surface area contributed by atoms with Gasteiger partial charge in [-0.1, -0.05) is 23.7 Å². The molecule has 1 saturated carbocycles. The zero-order valence-electron chi connectivity index (χ0n) is 14.4. The predicted octanol–water partition coefficient (Wildman–Crippen LogP) is 3.31. The van der Waals surface area contributed by atoms with E-state index in [1.165, 1.54) is 18.4 Å². The van der Waals surface area contributed by atoms with Gasteiger partial charge in [0.1, 0.15) is 0 Å². The summed E-state index contributed by atoms with van der Waals surface area (Å²) in [4.78, 5) is 8.84. The molecule has 6 heteroatoms. The van der Waals surface area contributed by atoms with Gasteiger partial charge in [0.25, 0.3) is 0 Å². The molecule has 0 aromatic heterocycles. The summed E-state index contributed by atoms with van der Waals surface area (Å²) in [7, 11) is 8.20. The number of hydrogen-bond acceptors (Lipinski definition) is 2. The number of likely N-dealkylation sites (N-methyl/N-ethyl adjacent to an activating group) is 1. The zero-order valence-corrected chi connectivity index (χ0v) is 17.5. The van der Waals surface area contributed by atoms with Gasteiger partial charge >= 0.3 is 0 Å². The van der Waals surface area contributed by atoms with E-state index >= 15 is 0 Å². The minimum atomic E-state index is 0. The first-order valence-corrected chi connectivity index (χ1v) is 8.21. The van der Waals surface area contributed by atoms with Gasteiger partial charge in [-0.25, -0.2) is 0 Å². The Morgan fingerprint density at radius 1 is 1.35 bits per heavy atom. The number of nitrogens with zero attached hydrogens (tertiary/aromatic N) is 3. The van der Waals surface area contributed by atoms with E-state index in [9.17, 15) is 0 Å². The number of nitrogens with one attached hydrogen (secondary N) is 1. The van der Waals surface area contributed by atoms with Crippen LogP contribution in [0, 0.1) is 5.92 Å². The molecule has 23 heavy (non-hydrogen) atoms. The first-order valence-electron chi connectivity index (χ1n) is 7.84. The van der Waals surface area contributed by atoms with E-state index < -0.39 is 0 Å². The summed E-state index contributed by atoms with van der Waals surface area (Å²) < 4.78 is 0. The van der Waals surface area contributed by atoms with Crippen LogP contribution in [0.5, 0.6) is 0 Å². The summed E-state index contributed by atoms with van der Waals surface area (Å²) in [6, 6.07) is 8.55. The lowest BCUT2D eigenvalue weighted by molar-refractivity contribution is 0.262. The third-order valence-corrected chi connectivity index (χ3v) is 4.42. The molecule has 4 nitrogen and oxygen atoms in total. The highest BCUT2D eigenvalue weighted by Crippen LogP contribution is 2.34. The van der Waals surface area contributed by atoms with Gasteiger partial charge in [-0.05, 0) is 50.6 Å². The molecule has 0 aliphatic heterocycles. The second kappa shape index (κ2) is 9.69. The molecule has 0 saturated heterocycles. The van der Waals surface area contributed by atoms with Crippen LogP contribution in [-0.4, -0.2) is 56.5 Å². The lowest BCUT2D eigenvalue weighted by Gasteiger charge is -2.28. The van der Waals surface area contributed by atoms with E-state index in [2.05, 4.69) is 47.3 Å². The van der Waals surface area contributed by atoms with Crippen LogP contribution in [-0.2, 0) is 6.54 Å². The highest BCUT2D eigenvalue weighted by molar-refractivity contribution is 14.0. The molecule has 0 bridgehead atoms. The topological polar surface area (TPSA) is 30.9 Å². The number of hydrogen-bond donors (Lipinski definition) is 1. The van der Waals surface area contributed by atoms with Crippen molar-refractivity contribution in [2.45, 2.75) is 25.4 Å². The molecule has 1 fully saturated rings. The van der Waals surface area contributed by atoms with Crippen molar-refractivity contribution < 1.29 is 0 Å². The number of aliphatic imine (C=N–C) groups is 1. The Morgan fingerprint density at radius 3 is 2.57 bits per heavy atom. The average molecular weight is 451 g/mol. The minimum absolute atomic E-state index is 0. The van der Waals surface area contributed by atoms with Gasteiger partial charge in [-0.2, -0.15) is 0 Å². The van der Waals surface area contributed by atoms with Gasteiger partial charge < -0.3 is 15.1 Å². The lowest BCUT2D eigenvalue weighted by Crippen LogP contribution is -2.46. The van der Waals surface area contributed by atoms with Crippen LogP contribution in [0.4, 0.5) is 0 Å². The summed E-state index contributed by atoms with van der Waals surface area (Å²) in [5, 5.41) is 4.28. The van der Waals surface area contributed by atoms with E-state index in [0.29, 0.717) is 6.04 Å². The minimum Gasteiger partial charge on any atom is -0.355 e. The van der Waals surface area contributed by atoms with Gasteiger partial charge in [-0.3, -0.25) is 4.99 Å². The molecular formula is C17H28ClIN4. The average Bonchev–Trinajstić information content (AvgIpc) is 3.27. The van der Waals surface area contributed by atoms with Gasteiger partial charge in [0.15, 0.2) is 5.96 Å². The maximum absolute atomic E-state index is 6.05. The Bertz CT molecular complexity index is 515. The van der Waals surface area contributed by atoms with Crippen molar-refractivity contribution in [1.29, 1.82) is 0 Å². The fraction of sp³-hybridized carbons (Fsp3) is 0.588. The third kappa shape index (κ3) is 6.47. The summed E-state index contributed by atoms with van der Waals surface area (Å²) in [6.45, 7) is 1.72. The molecule has 0 radical (unpaired) electrons. The molecule has 1 unspecified atom stereocenters. The molecule has 1 N–H and O–H groups in total. The van der Waals surface area contributed by atoms with Crippen LogP contribution in [0.15, 0.2) is 29.3 Å². The first kappa shape index (κ1) is 20.5. The van der Waals surface area contributed by atoms with Crippen molar-refractivity contribution in [1.82, 2.24) is 15.1 Å². The van der Waals surface area contributed by atoms with Crippen molar-refractivity contribution in [2.24, 2.45) is 10.9 Å². The van der Waals surface area contributed by atoms with Crippen molar-refractivity contribution in [3.63, 3.8) is 0 Å².